The summed E-state index contributed by atoms with van der Waals surface area (Å²) >= 11 is 0. The fourth-order valence-corrected chi connectivity index (χ4v) is 0. The molecule has 0 aromatic carbocycles. The van der Waals surface area contributed by atoms with Crippen molar-refractivity contribution in [2.24, 2.45) is 0 Å². The van der Waals surface area contributed by atoms with Crippen LogP contribution in [0.15, 0.2) is 12.7 Å². The van der Waals surface area contributed by atoms with Gasteiger partial charge in [0.15, 0.2) is 0 Å². The van der Waals surface area contributed by atoms with Crippen molar-refractivity contribution in [3.63, 3.8) is 0 Å². The Bertz CT molecular complexity index is 10.8. The standard InChI is InChI=1S/C3H5.Fe/c1-3-2;/h3H,1-2H2;/q-1;. The Morgan fingerprint density at radius 3 is 1.75 bits per heavy atom. The molecular formula is C3H5Fe-. The second-order valence-electron chi connectivity index (χ2n) is 0.289. The van der Waals surface area contributed by atoms with E-state index in [4.69, 9.17) is 0 Å². The molecule has 0 atom stereocenters. The van der Waals surface area contributed by atoms with Gasteiger partial charge in [0.1, 0.15) is 0 Å². The first-order chi connectivity index (χ1) is 1.41. The molecule has 0 aromatic heterocycles. The van der Waals surface area contributed by atoms with E-state index >= 15 is 0 Å². The second-order valence-corrected chi connectivity index (χ2v) is 0.289. The molecule has 0 aromatic rings. The van der Waals surface area contributed by atoms with Crippen LogP contribution >= 0.6 is 0 Å². The van der Waals surface area contributed by atoms with Gasteiger partial charge in [-0.1, -0.05) is 0 Å². The Labute approximate surface area is 37.4 Å². The van der Waals surface area contributed by atoms with E-state index in [1.807, 2.05) is 0 Å². The van der Waals surface area contributed by atoms with Gasteiger partial charge in [0.2, 0.25) is 0 Å². The second kappa shape index (κ2) is 11.1. The number of hydrogen-bond donors (Lipinski definition) is 0. The summed E-state index contributed by atoms with van der Waals surface area (Å²) in [6, 6.07) is 0. The minimum Gasteiger partial charge on any atom is -0.245 e. The summed E-state index contributed by atoms with van der Waals surface area (Å²) in [5.41, 5.74) is 0. The first-order valence-corrected chi connectivity index (χ1v) is 0.816. The van der Waals surface area contributed by atoms with Crippen molar-refractivity contribution < 1.29 is 17.1 Å². The van der Waals surface area contributed by atoms with Crippen LogP contribution in [0.1, 0.15) is 0 Å². The van der Waals surface area contributed by atoms with Crippen LogP contribution in [-0.2, 0) is 17.1 Å². The molecule has 0 fully saturated rings. The number of hydrogen-bond acceptors (Lipinski definition) is 0. The summed E-state index contributed by atoms with van der Waals surface area (Å²) in [4.78, 5) is 0. The molecule has 0 nitrogen and oxygen atoms in total. The van der Waals surface area contributed by atoms with Crippen molar-refractivity contribution in [3.05, 3.63) is 19.6 Å². The molecule has 0 rings (SSSR count). The summed E-state index contributed by atoms with van der Waals surface area (Å²) in [6.45, 7) is 6.50. The molecule has 0 spiro atoms. The molecule has 4 heavy (non-hydrogen) atoms. The van der Waals surface area contributed by atoms with Gasteiger partial charge >= 0.3 is 0 Å². The topological polar surface area (TPSA) is 0 Å². The Kier molecular flexibility index (Phi) is 24.8. The third-order valence-electron chi connectivity index (χ3n) is 0. The van der Waals surface area contributed by atoms with Gasteiger partial charge < -0.3 is 0 Å². The van der Waals surface area contributed by atoms with Crippen molar-refractivity contribution in [1.29, 1.82) is 0 Å². The van der Waals surface area contributed by atoms with E-state index in [0.717, 1.165) is 0 Å². The first-order valence-electron chi connectivity index (χ1n) is 0.816. The van der Waals surface area contributed by atoms with Crippen LogP contribution < -0.4 is 0 Å². The maximum atomic E-state index is 3.25. The molecule has 0 radical (unpaired) electrons. The third-order valence-corrected chi connectivity index (χ3v) is 0. The van der Waals surface area contributed by atoms with Gasteiger partial charge in [0, 0.05) is 17.1 Å². The largest absolute Gasteiger partial charge is 0.245 e. The van der Waals surface area contributed by atoms with Crippen molar-refractivity contribution >= 4 is 0 Å². The molecule has 0 bridgehead atoms. The molecule has 1 heteroatoms. The van der Waals surface area contributed by atoms with Gasteiger partial charge in [0.05, 0.1) is 0 Å². The molecule has 0 unspecified atom stereocenters. The zero-order chi connectivity index (χ0) is 2.71. The molecule has 0 aliphatic carbocycles. The molecule has 0 aliphatic heterocycles. The van der Waals surface area contributed by atoms with E-state index in [9.17, 15) is 0 Å². The third kappa shape index (κ3) is 162. The van der Waals surface area contributed by atoms with Crippen LogP contribution in [0, 0.1) is 6.92 Å². The summed E-state index contributed by atoms with van der Waals surface area (Å²) < 4.78 is 0. The predicted molar refractivity (Wildman–Crippen MR) is 15.6 cm³/mol. The summed E-state index contributed by atoms with van der Waals surface area (Å²) in [5, 5.41) is 0. The van der Waals surface area contributed by atoms with Gasteiger partial charge in [-0.15, -0.1) is 0 Å². The average molecular weight is 96.9 g/mol. The fraction of sp³-hybridized carbons (Fsp3) is 0. The van der Waals surface area contributed by atoms with E-state index in [0.29, 0.717) is 0 Å². The maximum absolute atomic E-state index is 3.25. The van der Waals surface area contributed by atoms with Crippen LogP contribution in [0.25, 0.3) is 0 Å². The van der Waals surface area contributed by atoms with E-state index in [1.54, 1.807) is 0 Å². The van der Waals surface area contributed by atoms with Crippen LogP contribution in [0.5, 0.6) is 0 Å². The minimum absolute atomic E-state index is 0. The summed E-state index contributed by atoms with van der Waals surface area (Å²) in [7, 11) is 0. The summed E-state index contributed by atoms with van der Waals surface area (Å²) in [5.74, 6) is 0. The van der Waals surface area contributed by atoms with Gasteiger partial charge in [-0.05, 0) is 0 Å². The van der Waals surface area contributed by atoms with Crippen molar-refractivity contribution in [3.8, 4) is 0 Å². The van der Waals surface area contributed by atoms with E-state index in [2.05, 4.69) is 13.5 Å². The van der Waals surface area contributed by atoms with Crippen LogP contribution in [0.3, 0.4) is 0 Å². The Balaban J connectivity index is 0. The zero-order valence-electron chi connectivity index (χ0n) is 2.35. The van der Waals surface area contributed by atoms with Crippen LogP contribution in [-0.4, -0.2) is 0 Å². The molecule has 0 saturated carbocycles. The fourth-order valence-electron chi connectivity index (χ4n) is 0. The van der Waals surface area contributed by atoms with Gasteiger partial charge in [-0.3, -0.25) is 0 Å². The van der Waals surface area contributed by atoms with Crippen molar-refractivity contribution in [2.45, 2.75) is 0 Å². The minimum atomic E-state index is 0. The maximum Gasteiger partial charge on any atom is 0 e. The quantitative estimate of drug-likeness (QED) is 0.312. The molecule has 0 aliphatic rings. The van der Waals surface area contributed by atoms with Gasteiger partial charge in [-0.2, -0.15) is 0 Å². The zero-order valence-corrected chi connectivity index (χ0v) is 3.45. The SMILES string of the molecule is C=C[CH2-].[Fe]. The van der Waals surface area contributed by atoms with E-state index < -0.39 is 0 Å². The van der Waals surface area contributed by atoms with Crippen molar-refractivity contribution in [1.82, 2.24) is 0 Å². The number of rotatable bonds is 0. The van der Waals surface area contributed by atoms with Gasteiger partial charge in [-0.25, -0.2) is 19.6 Å². The molecule has 0 amide bonds. The Morgan fingerprint density at radius 2 is 1.75 bits per heavy atom. The van der Waals surface area contributed by atoms with E-state index in [1.165, 1.54) is 6.08 Å². The predicted octanol–water partition coefficient (Wildman–Crippen LogP) is 1.00. The number of allylic oxidation sites excluding steroid dienone is 1. The summed E-state index contributed by atoms with van der Waals surface area (Å²) in [6.07, 6.45) is 1.50. The smallest absolute Gasteiger partial charge is 0 e. The first kappa shape index (κ1) is 8.92. The molecule has 0 saturated heterocycles. The van der Waals surface area contributed by atoms with Crippen LogP contribution in [0.2, 0.25) is 0 Å². The molecule has 0 heterocycles. The van der Waals surface area contributed by atoms with Crippen molar-refractivity contribution in [2.75, 3.05) is 0 Å². The monoisotopic (exact) mass is 97.0 g/mol. The molecule has 26 valence electrons. The molecular weight excluding hydrogens is 91.9 g/mol. The van der Waals surface area contributed by atoms with Gasteiger partial charge in [0.25, 0.3) is 0 Å². The van der Waals surface area contributed by atoms with E-state index in [-0.39, 0.29) is 17.1 Å². The average Bonchev–Trinajstić information content (AvgIpc) is 0.918. The normalized spacial score (nSPS) is 3.00. The molecule has 0 N–H and O–H groups in total. The Hall–Kier alpha value is 0.129. The van der Waals surface area contributed by atoms with Crippen LogP contribution in [0.4, 0.5) is 0 Å². The Morgan fingerprint density at radius 1 is 1.75 bits per heavy atom.